The monoisotopic (exact) mass is 427 g/mol. The van der Waals surface area contributed by atoms with E-state index in [4.69, 9.17) is 0 Å². The largest absolute Gasteiger partial charge is 0.503 e. The summed E-state index contributed by atoms with van der Waals surface area (Å²) < 4.78 is 15.7. The molecular formula is C23H26FN3O4. The van der Waals surface area contributed by atoms with E-state index in [2.05, 4.69) is 5.32 Å². The zero-order chi connectivity index (χ0) is 22.3. The Morgan fingerprint density at radius 3 is 2.81 bits per heavy atom. The van der Waals surface area contributed by atoms with Crippen molar-refractivity contribution in [1.29, 1.82) is 0 Å². The van der Waals surface area contributed by atoms with Crippen LogP contribution in [0.25, 0.3) is 0 Å². The fourth-order valence-electron chi connectivity index (χ4n) is 4.72. The van der Waals surface area contributed by atoms with Crippen LogP contribution in [0.5, 0.6) is 5.75 Å². The molecule has 8 heteroatoms. The van der Waals surface area contributed by atoms with Crippen molar-refractivity contribution >= 4 is 11.8 Å². The van der Waals surface area contributed by atoms with Crippen molar-refractivity contribution < 1.29 is 19.1 Å². The summed E-state index contributed by atoms with van der Waals surface area (Å²) in [5.41, 5.74) is -0.472. The van der Waals surface area contributed by atoms with Gasteiger partial charge in [-0.25, -0.2) is 4.39 Å². The summed E-state index contributed by atoms with van der Waals surface area (Å²) in [6, 6.07) is 4.92. The topological polar surface area (TPSA) is 91.6 Å². The Kier molecular flexibility index (Phi) is 5.56. The Balaban J connectivity index is 1.64. The van der Waals surface area contributed by atoms with Gasteiger partial charge in [-0.1, -0.05) is 25.1 Å². The van der Waals surface area contributed by atoms with E-state index >= 15 is 0 Å². The molecule has 2 aliphatic heterocycles. The molecule has 0 spiro atoms. The number of amides is 2. The number of pyridine rings is 1. The molecule has 2 aromatic rings. The number of aromatic nitrogens is 1. The molecule has 7 nitrogen and oxygen atoms in total. The summed E-state index contributed by atoms with van der Waals surface area (Å²) in [6.07, 6.45) is 4.89. The molecule has 0 radical (unpaired) electrons. The molecule has 31 heavy (non-hydrogen) atoms. The Morgan fingerprint density at radius 1 is 1.29 bits per heavy atom. The third kappa shape index (κ3) is 3.60. The van der Waals surface area contributed by atoms with Crippen LogP contribution in [0, 0.1) is 12.7 Å². The second-order valence-corrected chi connectivity index (χ2v) is 8.31. The van der Waals surface area contributed by atoms with Gasteiger partial charge in [0.2, 0.25) is 5.43 Å². The molecule has 1 aromatic carbocycles. The van der Waals surface area contributed by atoms with E-state index in [0.29, 0.717) is 17.7 Å². The van der Waals surface area contributed by atoms with Gasteiger partial charge in [0.15, 0.2) is 11.4 Å². The van der Waals surface area contributed by atoms with E-state index in [-0.39, 0.29) is 35.8 Å². The maximum absolute atomic E-state index is 14.2. The normalized spacial score (nSPS) is 20.2. The second kappa shape index (κ2) is 8.17. The highest BCUT2D eigenvalue weighted by Gasteiger charge is 2.40. The van der Waals surface area contributed by atoms with Crippen LogP contribution in [0.4, 0.5) is 4.39 Å². The number of benzene rings is 1. The molecule has 2 amide bonds. The second-order valence-electron chi connectivity index (χ2n) is 8.31. The van der Waals surface area contributed by atoms with Gasteiger partial charge in [-0.3, -0.25) is 14.4 Å². The highest BCUT2D eigenvalue weighted by atomic mass is 19.1. The number of piperidine rings is 1. The number of fused-ring (bicyclic) bond motifs is 2. The highest BCUT2D eigenvalue weighted by molar-refractivity contribution is 5.99. The van der Waals surface area contributed by atoms with E-state index in [1.165, 1.54) is 10.8 Å². The van der Waals surface area contributed by atoms with Crippen LogP contribution in [0.15, 0.2) is 29.2 Å². The first kappa shape index (κ1) is 21.1. The number of aromatic hydroxyl groups is 1. The van der Waals surface area contributed by atoms with E-state index in [1.54, 1.807) is 30.0 Å². The number of halogens is 1. The lowest BCUT2D eigenvalue weighted by Crippen LogP contribution is -2.55. The average Bonchev–Trinajstić information content (AvgIpc) is 2.76. The van der Waals surface area contributed by atoms with Crippen LogP contribution in [0.3, 0.4) is 0 Å². The smallest absolute Gasteiger partial charge is 0.275 e. The van der Waals surface area contributed by atoms with Crippen LogP contribution in [0.1, 0.15) is 64.6 Å². The van der Waals surface area contributed by atoms with Crippen molar-refractivity contribution in [2.24, 2.45) is 0 Å². The Hall–Kier alpha value is -3.16. The van der Waals surface area contributed by atoms with Crippen LogP contribution < -0.4 is 10.7 Å². The molecule has 1 aromatic heterocycles. The van der Waals surface area contributed by atoms with Crippen molar-refractivity contribution in [2.75, 3.05) is 0 Å². The molecular weight excluding hydrogens is 401 g/mol. The zero-order valence-corrected chi connectivity index (χ0v) is 17.7. The molecule has 1 fully saturated rings. The van der Waals surface area contributed by atoms with Crippen molar-refractivity contribution in [3.63, 3.8) is 0 Å². The number of carbonyl (C=O) groups excluding carboxylic acids is 2. The lowest BCUT2D eigenvalue weighted by atomic mass is 9.91. The summed E-state index contributed by atoms with van der Waals surface area (Å²) in [7, 11) is 0. The number of carbonyl (C=O) groups is 2. The lowest BCUT2D eigenvalue weighted by Gasteiger charge is -2.45. The molecule has 3 heterocycles. The molecule has 0 aliphatic carbocycles. The average molecular weight is 427 g/mol. The van der Waals surface area contributed by atoms with E-state index in [9.17, 15) is 23.9 Å². The van der Waals surface area contributed by atoms with Crippen molar-refractivity contribution in [3.8, 4) is 5.75 Å². The van der Waals surface area contributed by atoms with Crippen molar-refractivity contribution in [3.05, 3.63) is 62.8 Å². The molecule has 0 bridgehead atoms. The minimum Gasteiger partial charge on any atom is -0.503 e. The van der Waals surface area contributed by atoms with Crippen LogP contribution in [-0.2, 0) is 13.1 Å². The predicted molar refractivity (Wildman–Crippen MR) is 113 cm³/mol. The van der Waals surface area contributed by atoms with Crippen molar-refractivity contribution in [1.82, 2.24) is 14.8 Å². The Bertz CT molecular complexity index is 1110. The number of hydrogen-bond donors (Lipinski definition) is 2. The standard InChI is InChI=1S/C23H26FN3O4/c1-3-15-8-5-9-16-11-26-12-17(20(28)21(29)19(26)23(31)27(15)16)22(30)25-10-14-7-4-6-13(2)18(14)24/h4,6-7,12,15-16,29H,3,5,8-11H2,1-2H3,(H,25,30)/t15-,16-/m1/s1. The first-order valence-corrected chi connectivity index (χ1v) is 10.6. The molecule has 2 atom stereocenters. The van der Waals surface area contributed by atoms with Gasteiger partial charge in [0.05, 0.1) is 6.04 Å². The summed E-state index contributed by atoms with van der Waals surface area (Å²) in [5, 5.41) is 13.1. The Morgan fingerprint density at radius 2 is 2.06 bits per heavy atom. The van der Waals surface area contributed by atoms with Gasteiger partial charge in [0.25, 0.3) is 11.8 Å². The van der Waals surface area contributed by atoms with Gasteiger partial charge in [0, 0.05) is 30.9 Å². The van der Waals surface area contributed by atoms with Gasteiger partial charge < -0.3 is 19.9 Å². The third-order valence-electron chi connectivity index (χ3n) is 6.39. The SMILES string of the molecule is CC[C@@H]1CCC[C@@H]2Cn3cc(C(=O)NCc4cccc(C)c4F)c(=O)c(O)c3C(=O)N12. The molecule has 0 saturated carbocycles. The maximum atomic E-state index is 14.2. The maximum Gasteiger partial charge on any atom is 0.275 e. The number of nitrogens with one attached hydrogen (secondary N) is 1. The van der Waals surface area contributed by atoms with Gasteiger partial charge in [-0.2, -0.15) is 0 Å². The van der Waals surface area contributed by atoms with Crippen LogP contribution in [0.2, 0.25) is 0 Å². The predicted octanol–water partition coefficient (Wildman–Crippen LogP) is 2.72. The third-order valence-corrected chi connectivity index (χ3v) is 6.39. The minimum absolute atomic E-state index is 0.0297. The Labute approximate surface area is 179 Å². The first-order chi connectivity index (χ1) is 14.8. The zero-order valence-electron chi connectivity index (χ0n) is 17.7. The number of hydrogen-bond acceptors (Lipinski definition) is 4. The highest BCUT2D eigenvalue weighted by Crippen LogP contribution is 2.33. The van der Waals surface area contributed by atoms with Crippen molar-refractivity contribution in [2.45, 2.75) is 64.7 Å². The quantitative estimate of drug-likeness (QED) is 0.785. The van der Waals surface area contributed by atoms with Crippen LogP contribution in [-0.4, -0.2) is 38.5 Å². The van der Waals surface area contributed by atoms with Gasteiger partial charge in [-0.15, -0.1) is 0 Å². The van der Waals surface area contributed by atoms with Gasteiger partial charge in [-0.05, 0) is 38.2 Å². The fourth-order valence-corrected chi connectivity index (χ4v) is 4.72. The van der Waals surface area contributed by atoms with Gasteiger partial charge >= 0.3 is 0 Å². The number of nitrogens with zero attached hydrogens (tertiary/aromatic N) is 2. The number of rotatable bonds is 4. The fraction of sp³-hybridized carbons (Fsp3) is 0.435. The summed E-state index contributed by atoms with van der Waals surface area (Å²) in [5.74, 6) is -2.22. The van der Waals surface area contributed by atoms with Crippen LogP contribution >= 0.6 is 0 Å². The molecule has 0 unspecified atom stereocenters. The summed E-state index contributed by atoms with van der Waals surface area (Å²) in [6.45, 7) is 3.97. The summed E-state index contributed by atoms with van der Waals surface area (Å²) >= 11 is 0. The molecule has 4 rings (SSSR count). The lowest BCUT2D eigenvalue weighted by molar-refractivity contribution is 0.0313. The molecule has 1 saturated heterocycles. The molecule has 2 N–H and O–H groups in total. The number of aryl methyl sites for hydroxylation is 1. The first-order valence-electron chi connectivity index (χ1n) is 10.6. The summed E-state index contributed by atoms with van der Waals surface area (Å²) in [4.78, 5) is 40.3. The minimum atomic E-state index is -0.898. The molecule has 164 valence electrons. The van der Waals surface area contributed by atoms with E-state index < -0.39 is 22.9 Å². The van der Waals surface area contributed by atoms with E-state index in [1.807, 2.05) is 6.92 Å². The van der Waals surface area contributed by atoms with E-state index in [0.717, 1.165) is 25.7 Å². The molecule has 2 aliphatic rings. The van der Waals surface area contributed by atoms with Gasteiger partial charge in [0.1, 0.15) is 11.4 Å².